The summed E-state index contributed by atoms with van der Waals surface area (Å²) in [5, 5.41) is 3.20. The smallest absolute Gasteiger partial charge is 0.251 e. The standard InChI is InChI=1S/C15H30N2O2/c1-12(2)7-9-19-13(3)15(18)17-8-5-6-14(11-17)10-16-4/h12-14,16H,5-11H2,1-4H3. The minimum Gasteiger partial charge on any atom is -0.369 e. The van der Waals surface area contributed by atoms with E-state index < -0.39 is 0 Å². The second-order valence-corrected chi connectivity index (χ2v) is 6.05. The Morgan fingerprint density at radius 1 is 1.42 bits per heavy atom. The molecule has 0 aromatic carbocycles. The van der Waals surface area contributed by atoms with Gasteiger partial charge in [0.15, 0.2) is 0 Å². The Hall–Kier alpha value is -0.610. The molecule has 19 heavy (non-hydrogen) atoms. The van der Waals surface area contributed by atoms with Gasteiger partial charge < -0.3 is 15.0 Å². The largest absolute Gasteiger partial charge is 0.369 e. The molecular weight excluding hydrogens is 240 g/mol. The first-order valence-corrected chi connectivity index (χ1v) is 7.59. The van der Waals surface area contributed by atoms with Crippen molar-refractivity contribution in [2.75, 3.05) is 33.3 Å². The Balaban J connectivity index is 2.34. The molecule has 0 aromatic rings. The summed E-state index contributed by atoms with van der Waals surface area (Å²) in [7, 11) is 1.97. The quantitative estimate of drug-likeness (QED) is 0.768. The molecule has 0 bridgehead atoms. The first kappa shape index (κ1) is 16.4. The van der Waals surface area contributed by atoms with E-state index in [2.05, 4.69) is 19.2 Å². The van der Waals surface area contributed by atoms with Gasteiger partial charge in [-0.25, -0.2) is 0 Å². The van der Waals surface area contributed by atoms with Crippen molar-refractivity contribution in [1.29, 1.82) is 0 Å². The molecule has 1 heterocycles. The first-order valence-electron chi connectivity index (χ1n) is 7.59. The number of likely N-dealkylation sites (tertiary alicyclic amines) is 1. The SMILES string of the molecule is CNCC1CCCN(C(=O)C(C)OCCC(C)C)C1. The summed E-state index contributed by atoms with van der Waals surface area (Å²) in [5.41, 5.74) is 0. The van der Waals surface area contributed by atoms with E-state index in [1.165, 1.54) is 6.42 Å². The van der Waals surface area contributed by atoms with E-state index in [9.17, 15) is 4.79 Å². The number of ether oxygens (including phenoxy) is 1. The lowest BCUT2D eigenvalue weighted by atomic mass is 9.97. The van der Waals surface area contributed by atoms with Crippen molar-refractivity contribution in [2.45, 2.75) is 46.1 Å². The van der Waals surface area contributed by atoms with E-state index in [1.807, 2.05) is 18.9 Å². The number of carbonyl (C=O) groups is 1. The third-order valence-corrected chi connectivity index (χ3v) is 3.73. The van der Waals surface area contributed by atoms with Crippen molar-refractivity contribution in [3.8, 4) is 0 Å². The van der Waals surface area contributed by atoms with Crippen LogP contribution < -0.4 is 5.32 Å². The van der Waals surface area contributed by atoms with Crippen molar-refractivity contribution in [3.63, 3.8) is 0 Å². The lowest BCUT2D eigenvalue weighted by Gasteiger charge is -2.34. The van der Waals surface area contributed by atoms with Crippen molar-refractivity contribution < 1.29 is 9.53 Å². The van der Waals surface area contributed by atoms with E-state index in [4.69, 9.17) is 4.74 Å². The maximum absolute atomic E-state index is 12.3. The average molecular weight is 270 g/mol. The van der Waals surface area contributed by atoms with Crippen LogP contribution >= 0.6 is 0 Å². The van der Waals surface area contributed by atoms with Crippen LogP contribution in [-0.4, -0.2) is 50.2 Å². The number of amides is 1. The molecule has 1 amide bonds. The second kappa shape index (κ2) is 8.54. The van der Waals surface area contributed by atoms with E-state index >= 15 is 0 Å². The lowest BCUT2D eigenvalue weighted by molar-refractivity contribution is -0.144. The zero-order chi connectivity index (χ0) is 14.3. The summed E-state index contributed by atoms with van der Waals surface area (Å²) in [5.74, 6) is 1.37. The molecule has 2 unspecified atom stereocenters. The normalized spacial score (nSPS) is 21.7. The highest BCUT2D eigenvalue weighted by molar-refractivity contribution is 5.80. The molecule has 0 radical (unpaired) electrons. The molecule has 1 saturated heterocycles. The van der Waals surface area contributed by atoms with E-state index in [1.54, 1.807) is 0 Å². The molecular formula is C15H30N2O2. The van der Waals surface area contributed by atoms with Gasteiger partial charge in [-0.2, -0.15) is 0 Å². The maximum atomic E-state index is 12.3. The van der Waals surface area contributed by atoms with Crippen molar-refractivity contribution >= 4 is 5.91 Å². The van der Waals surface area contributed by atoms with Gasteiger partial charge in [-0.15, -0.1) is 0 Å². The van der Waals surface area contributed by atoms with Crippen LogP contribution in [0.1, 0.15) is 40.0 Å². The van der Waals surface area contributed by atoms with E-state index in [0.717, 1.165) is 32.5 Å². The van der Waals surface area contributed by atoms with E-state index in [-0.39, 0.29) is 12.0 Å². The van der Waals surface area contributed by atoms with Crippen molar-refractivity contribution in [1.82, 2.24) is 10.2 Å². The fraction of sp³-hybridized carbons (Fsp3) is 0.933. The van der Waals surface area contributed by atoms with Crippen LogP contribution in [0.25, 0.3) is 0 Å². The topological polar surface area (TPSA) is 41.6 Å². The van der Waals surface area contributed by atoms with Crippen molar-refractivity contribution in [2.24, 2.45) is 11.8 Å². The first-order chi connectivity index (χ1) is 9.04. The van der Waals surface area contributed by atoms with Crippen LogP contribution in [-0.2, 0) is 9.53 Å². The lowest BCUT2D eigenvalue weighted by Crippen LogP contribution is -2.46. The molecule has 0 aromatic heterocycles. The van der Waals surface area contributed by atoms with Gasteiger partial charge in [0.2, 0.25) is 0 Å². The Morgan fingerprint density at radius 3 is 2.79 bits per heavy atom. The van der Waals surface area contributed by atoms with Crippen LogP contribution in [0, 0.1) is 11.8 Å². The number of rotatable bonds is 7. The third kappa shape index (κ3) is 5.91. The van der Waals surface area contributed by atoms with Gasteiger partial charge in [-0.3, -0.25) is 4.79 Å². The van der Waals surface area contributed by atoms with Crippen LogP contribution in [0.4, 0.5) is 0 Å². The third-order valence-electron chi connectivity index (χ3n) is 3.73. The number of hydrogen-bond donors (Lipinski definition) is 1. The highest BCUT2D eigenvalue weighted by Crippen LogP contribution is 2.17. The molecule has 0 saturated carbocycles. The molecule has 2 atom stereocenters. The molecule has 4 nitrogen and oxygen atoms in total. The maximum Gasteiger partial charge on any atom is 0.251 e. The fourth-order valence-corrected chi connectivity index (χ4v) is 2.53. The van der Waals surface area contributed by atoms with E-state index in [0.29, 0.717) is 18.4 Å². The summed E-state index contributed by atoms with van der Waals surface area (Å²) < 4.78 is 5.66. The second-order valence-electron chi connectivity index (χ2n) is 6.05. The number of nitrogens with zero attached hydrogens (tertiary/aromatic N) is 1. The summed E-state index contributed by atoms with van der Waals surface area (Å²) >= 11 is 0. The number of nitrogens with one attached hydrogen (secondary N) is 1. The zero-order valence-corrected chi connectivity index (χ0v) is 12.9. The average Bonchev–Trinajstić information content (AvgIpc) is 2.38. The Bertz CT molecular complexity index is 267. The Morgan fingerprint density at radius 2 is 2.16 bits per heavy atom. The molecule has 1 N–H and O–H groups in total. The summed E-state index contributed by atoms with van der Waals surface area (Å²) in [4.78, 5) is 14.3. The number of carbonyl (C=O) groups excluding carboxylic acids is 1. The molecule has 0 spiro atoms. The van der Waals surface area contributed by atoms with Gasteiger partial charge in [-0.1, -0.05) is 13.8 Å². The minimum atomic E-state index is -0.299. The van der Waals surface area contributed by atoms with Gasteiger partial charge in [0, 0.05) is 19.7 Å². The minimum absolute atomic E-state index is 0.157. The van der Waals surface area contributed by atoms with Gasteiger partial charge in [-0.05, 0) is 51.6 Å². The summed E-state index contributed by atoms with van der Waals surface area (Å²) in [6.45, 7) is 9.65. The van der Waals surface area contributed by atoms with Gasteiger partial charge in [0.1, 0.15) is 6.10 Å². The van der Waals surface area contributed by atoms with Crippen molar-refractivity contribution in [3.05, 3.63) is 0 Å². The molecule has 4 heteroatoms. The highest BCUT2D eigenvalue weighted by Gasteiger charge is 2.26. The number of piperidine rings is 1. The Labute approximate surface area is 117 Å². The van der Waals surface area contributed by atoms with Crippen LogP contribution in [0.5, 0.6) is 0 Å². The molecule has 1 fully saturated rings. The molecule has 1 rings (SSSR count). The Kier molecular flexibility index (Phi) is 7.39. The van der Waals surface area contributed by atoms with Crippen LogP contribution in [0.15, 0.2) is 0 Å². The zero-order valence-electron chi connectivity index (χ0n) is 12.9. The summed E-state index contributed by atoms with van der Waals surface area (Å²) in [6, 6.07) is 0. The molecule has 0 aliphatic carbocycles. The van der Waals surface area contributed by atoms with Gasteiger partial charge >= 0.3 is 0 Å². The predicted octanol–water partition coefficient (Wildman–Crippen LogP) is 1.90. The van der Waals surface area contributed by atoms with Crippen LogP contribution in [0.2, 0.25) is 0 Å². The molecule has 112 valence electrons. The molecule has 1 aliphatic heterocycles. The monoisotopic (exact) mass is 270 g/mol. The van der Waals surface area contributed by atoms with Gasteiger partial charge in [0.25, 0.3) is 5.91 Å². The number of hydrogen-bond acceptors (Lipinski definition) is 3. The van der Waals surface area contributed by atoms with Gasteiger partial charge in [0.05, 0.1) is 0 Å². The highest BCUT2D eigenvalue weighted by atomic mass is 16.5. The molecule has 1 aliphatic rings. The fourth-order valence-electron chi connectivity index (χ4n) is 2.53. The predicted molar refractivity (Wildman–Crippen MR) is 78.1 cm³/mol. The van der Waals surface area contributed by atoms with Crippen LogP contribution in [0.3, 0.4) is 0 Å². The summed E-state index contributed by atoms with van der Waals surface area (Å²) in [6.07, 6.45) is 3.04.